The molecule has 0 spiro atoms. The van der Waals surface area contributed by atoms with Crippen molar-refractivity contribution in [3.63, 3.8) is 0 Å². The molecule has 3 rings (SSSR count). The Bertz CT molecular complexity index is 776. The van der Waals surface area contributed by atoms with Gasteiger partial charge in [-0.3, -0.25) is 0 Å². The third kappa shape index (κ3) is 3.28. The summed E-state index contributed by atoms with van der Waals surface area (Å²) >= 11 is 5.93. The minimum absolute atomic E-state index is 0.210. The van der Waals surface area contributed by atoms with E-state index in [1.165, 1.54) is 12.1 Å². The third-order valence-electron chi connectivity index (χ3n) is 3.17. The first-order valence-corrected chi connectivity index (χ1v) is 7.01. The predicted octanol–water partition coefficient (Wildman–Crippen LogP) is 4.08. The molecule has 0 aliphatic rings. The Hall–Kier alpha value is -2.20. The van der Waals surface area contributed by atoms with E-state index >= 15 is 0 Å². The average Bonchev–Trinajstić information content (AvgIpc) is 2.47. The van der Waals surface area contributed by atoms with Crippen LogP contribution in [0.2, 0.25) is 5.28 Å². The minimum atomic E-state index is -0.219. The lowest BCUT2D eigenvalue weighted by Gasteiger charge is -2.09. The molecule has 0 aliphatic carbocycles. The van der Waals surface area contributed by atoms with Crippen molar-refractivity contribution < 1.29 is 4.39 Å². The van der Waals surface area contributed by atoms with Crippen molar-refractivity contribution in [2.24, 2.45) is 0 Å². The highest BCUT2D eigenvalue weighted by Gasteiger charge is 2.05. The van der Waals surface area contributed by atoms with Gasteiger partial charge in [-0.25, -0.2) is 14.4 Å². The van der Waals surface area contributed by atoms with Gasteiger partial charge in [0.05, 0.1) is 5.52 Å². The summed E-state index contributed by atoms with van der Waals surface area (Å²) in [5.41, 5.74) is 1.73. The fourth-order valence-corrected chi connectivity index (χ4v) is 2.38. The number of halogens is 2. The Labute approximate surface area is 126 Å². The first-order chi connectivity index (χ1) is 10.2. The molecule has 0 unspecified atom stereocenters. The van der Waals surface area contributed by atoms with Crippen LogP contribution in [-0.2, 0) is 6.42 Å². The van der Waals surface area contributed by atoms with Gasteiger partial charge >= 0.3 is 0 Å². The fourth-order valence-electron chi connectivity index (χ4n) is 2.20. The van der Waals surface area contributed by atoms with Gasteiger partial charge in [-0.05, 0) is 47.9 Å². The van der Waals surface area contributed by atoms with Crippen LogP contribution in [0, 0.1) is 5.82 Å². The molecule has 1 aromatic heterocycles. The zero-order valence-electron chi connectivity index (χ0n) is 11.2. The van der Waals surface area contributed by atoms with Crippen molar-refractivity contribution in [1.82, 2.24) is 9.97 Å². The molecule has 106 valence electrons. The second-order valence-electron chi connectivity index (χ2n) is 4.67. The predicted molar refractivity (Wildman–Crippen MR) is 83.1 cm³/mol. The van der Waals surface area contributed by atoms with E-state index in [1.807, 2.05) is 30.3 Å². The number of nitrogens with zero attached hydrogens (tertiary/aromatic N) is 2. The molecular weight excluding hydrogens is 289 g/mol. The van der Waals surface area contributed by atoms with E-state index in [1.54, 1.807) is 6.07 Å². The number of rotatable bonds is 4. The van der Waals surface area contributed by atoms with E-state index in [2.05, 4.69) is 15.3 Å². The Morgan fingerprint density at radius 3 is 2.76 bits per heavy atom. The highest BCUT2D eigenvalue weighted by Crippen LogP contribution is 2.21. The van der Waals surface area contributed by atoms with Gasteiger partial charge in [-0.1, -0.05) is 24.3 Å². The SMILES string of the molecule is Fc1cccc(CCNc2nc(Cl)nc3ccccc23)c1. The van der Waals surface area contributed by atoms with Gasteiger partial charge < -0.3 is 5.32 Å². The molecule has 0 bridgehead atoms. The Balaban J connectivity index is 1.76. The zero-order chi connectivity index (χ0) is 14.7. The largest absolute Gasteiger partial charge is 0.369 e. The normalized spacial score (nSPS) is 10.8. The summed E-state index contributed by atoms with van der Waals surface area (Å²) in [7, 11) is 0. The van der Waals surface area contributed by atoms with Crippen molar-refractivity contribution in [3.8, 4) is 0 Å². The van der Waals surface area contributed by atoms with Crippen LogP contribution in [0.25, 0.3) is 10.9 Å². The Morgan fingerprint density at radius 2 is 1.90 bits per heavy atom. The smallest absolute Gasteiger partial charge is 0.224 e. The highest BCUT2D eigenvalue weighted by molar-refractivity contribution is 6.28. The van der Waals surface area contributed by atoms with E-state index in [0.29, 0.717) is 18.8 Å². The molecule has 3 nitrogen and oxygen atoms in total. The fraction of sp³-hybridized carbons (Fsp3) is 0.125. The average molecular weight is 302 g/mol. The van der Waals surface area contributed by atoms with Crippen LogP contribution in [0.4, 0.5) is 10.2 Å². The van der Waals surface area contributed by atoms with Gasteiger partial charge in [-0.2, -0.15) is 0 Å². The quantitative estimate of drug-likeness (QED) is 0.738. The third-order valence-corrected chi connectivity index (χ3v) is 3.34. The van der Waals surface area contributed by atoms with Crippen molar-refractivity contribution in [1.29, 1.82) is 0 Å². The van der Waals surface area contributed by atoms with E-state index in [0.717, 1.165) is 16.5 Å². The van der Waals surface area contributed by atoms with Crippen LogP contribution < -0.4 is 5.32 Å². The molecule has 0 aliphatic heterocycles. The molecule has 5 heteroatoms. The molecule has 0 fully saturated rings. The van der Waals surface area contributed by atoms with E-state index in [9.17, 15) is 4.39 Å². The Kier molecular flexibility index (Phi) is 3.97. The summed E-state index contributed by atoms with van der Waals surface area (Å²) in [6, 6.07) is 14.2. The molecule has 2 aromatic carbocycles. The van der Waals surface area contributed by atoms with Crippen LogP contribution in [0.15, 0.2) is 48.5 Å². The van der Waals surface area contributed by atoms with Gasteiger partial charge in [0.2, 0.25) is 5.28 Å². The Morgan fingerprint density at radius 1 is 1.05 bits per heavy atom. The summed E-state index contributed by atoms with van der Waals surface area (Å²) in [6.45, 7) is 0.640. The minimum Gasteiger partial charge on any atom is -0.369 e. The summed E-state index contributed by atoms with van der Waals surface area (Å²) < 4.78 is 13.1. The summed E-state index contributed by atoms with van der Waals surface area (Å²) in [5.74, 6) is 0.477. The molecule has 0 amide bonds. The lowest BCUT2D eigenvalue weighted by Crippen LogP contribution is -2.07. The maximum absolute atomic E-state index is 13.1. The number of anilines is 1. The van der Waals surface area contributed by atoms with Gasteiger partial charge in [-0.15, -0.1) is 0 Å². The highest BCUT2D eigenvalue weighted by atomic mass is 35.5. The number of benzene rings is 2. The van der Waals surface area contributed by atoms with Crippen molar-refractivity contribution in [2.75, 3.05) is 11.9 Å². The lowest BCUT2D eigenvalue weighted by molar-refractivity contribution is 0.625. The van der Waals surface area contributed by atoms with Crippen molar-refractivity contribution >= 4 is 28.3 Å². The number of nitrogens with one attached hydrogen (secondary N) is 1. The first kappa shape index (κ1) is 13.8. The van der Waals surface area contributed by atoms with Crippen LogP contribution in [0.1, 0.15) is 5.56 Å². The maximum atomic E-state index is 13.1. The van der Waals surface area contributed by atoms with E-state index in [4.69, 9.17) is 11.6 Å². The number of para-hydroxylation sites is 1. The molecule has 1 heterocycles. The number of aromatic nitrogens is 2. The zero-order valence-corrected chi connectivity index (χ0v) is 11.9. The number of fused-ring (bicyclic) bond motifs is 1. The van der Waals surface area contributed by atoms with Gasteiger partial charge in [0.25, 0.3) is 0 Å². The van der Waals surface area contributed by atoms with E-state index < -0.39 is 0 Å². The number of hydrogen-bond acceptors (Lipinski definition) is 3. The lowest BCUT2D eigenvalue weighted by atomic mass is 10.1. The molecule has 0 radical (unpaired) electrons. The van der Waals surface area contributed by atoms with Gasteiger partial charge in [0.1, 0.15) is 11.6 Å². The second-order valence-corrected chi connectivity index (χ2v) is 5.00. The summed E-state index contributed by atoms with van der Waals surface area (Å²) in [4.78, 5) is 8.40. The molecule has 0 atom stereocenters. The molecule has 0 saturated heterocycles. The second kappa shape index (κ2) is 6.06. The van der Waals surface area contributed by atoms with Crippen LogP contribution in [0.5, 0.6) is 0 Å². The van der Waals surface area contributed by atoms with E-state index in [-0.39, 0.29) is 11.1 Å². The van der Waals surface area contributed by atoms with Gasteiger partial charge in [0.15, 0.2) is 0 Å². The van der Waals surface area contributed by atoms with Gasteiger partial charge in [0, 0.05) is 11.9 Å². The number of hydrogen-bond donors (Lipinski definition) is 1. The molecule has 21 heavy (non-hydrogen) atoms. The molecule has 0 saturated carbocycles. The monoisotopic (exact) mass is 301 g/mol. The van der Waals surface area contributed by atoms with Crippen molar-refractivity contribution in [2.45, 2.75) is 6.42 Å². The first-order valence-electron chi connectivity index (χ1n) is 6.63. The summed E-state index contributed by atoms with van der Waals surface area (Å²) in [5, 5.41) is 4.37. The topological polar surface area (TPSA) is 37.8 Å². The molecule has 1 N–H and O–H groups in total. The van der Waals surface area contributed by atoms with Crippen LogP contribution in [-0.4, -0.2) is 16.5 Å². The van der Waals surface area contributed by atoms with Crippen LogP contribution in [0.3, 0.4) is 0 Å². The summed E-state index contributed by atoms with van der Waals surface area (Å²) in [6.07, 6.45) is 0.702. The standard InChI is InChI=1S/C16H13ClFN3/c17-16-20-14-7-2-1-6-13(14)15(21-16)19-9-8-11-4-3-5-12(18)10-11/h1-7,10H,8-9H2,(H,19,20,21). The van der Waals surface area contributed by atoms with Crippen molar-refractivity contribution in [3.05, 3.63) is 65.2 Å². The maximum Gasteiger partial charge on any atom is 0.224 e. The molecule has 3 aromatic rings. The van der Waals surface area contributed by atoms with Crippen LogP contribution >= 0.6 is 11.6 Å². The molecular formula is C16H13ClFN3.